The maximum atomic E-state index is 13.5. The van der Waals surface area contributed by atoms with Crippen molar-refractivity contribution in [3.63, 3.8) is 0 Å². The summed E-state index contributed by atoms with van der Waals surface area (Å²) in [7, 11) is 0. The smallest absolute Gasteiger partial charge is 0.277 e. The van der Waals surface area contributed by atoms with E-state index < -0.39 is 0 Å². The quantitative estimate of drug-likeness (QED) is 0.618. The van der Waals surface area contributed by atoms with Crippen LogP contribution < -0.4 is 0 Å². The van der Waals surface area contributed by atoms with E-state index >= 15 is 0 Å². The molecular formula is C26H29ClN2O2. The van der Waals surface area contributed by atoms with Gasteiger partial charge in [0.25, 0.3) is 11.8 Å². The third-order valence-corrected chi connectivity index (χ3v) is 6.70. The average Bonchev–Trinajstić information content (AvgIpc) is 2.99. The molecule has 31 heavy (non-hydrogen) atoms. The summed E-state index contributed by atoms with van der Waals surface area (Å²) in [4.78, 5) is 30.6. The first-order valence-electron chi connectivity index (χ1n) is 11.0. The summed E-state index contributed by atoms with van der Waals surface area (Å²) in [6.07, 6.45) is 2.81. The number of amides is 2. The molecule has 0 spiro atoms. The van der Waals surface area contributed by atoms with E-state index in [0.29, 0.717) is 35.2 Å². The Morgan fingerprint density at radius 3 is 2.42 bits per heavy atom. The molecule has 4 rings (SSSR count). The Labute approximate surface area is 189 Å². The van der Waals surface area contributed by atoms with Gasteiger partial charge in [-0.25, -0.2) is 0 Å². The molecule has 1 saturated heterocycles. The zero-order valence-corrected chi connectivity index (χ0v) is 19.2. The summed E-state index contributed by atoms with van der Waals surface area (Å²) in [6.45, 7) is 8.30. The predicted octanol–water partition coefficient (Wildman–Crippen LogP) is 5.01. The topological polar surface area (TPSA) is 40.6 Å². The van der Waals surface area contributed by atoms with Crippen molar-refractivity contribution >= 4 is 29.0 Å². The molecule has 2 aromatic carbocycles. The Bertz CT molecular complexity index is 1040. The van der Waals surface area contributed by atoms with Crippen molar-refractivity contribution in [3.8, 4) is 0 Å². The van der Waals surface area contributed by atoms with E-state index in [0.717, 1.165) is 42.6 Å². The summed E-state index contributed by atoms with van der Waals surface area (Å²) < 4.78 is 0. The fraction of sp³-hybridized carbons (Fsp3) is 0.385. The van der Waals surface area contributed by atoms with Crippen LogP contribution in [0.4, 0.5) is 0 Å². The van der Waals surface area contributed by atoms with Gasteiger partial charge in [0.2, 0.25) is 0 Å². The van der Waals surface area contributed by atoms with Crippen LogP contribution in [0.5, 0.6) is 0 Å². The van der Waals surface area contributed by atoms with Crippen molar-refractivity contribution in [2.75, 3.05) is 19.6 Å². The molecule has 2 heterocycles. The van der Waals surface area contributed by atoms with Crippen LogP contribution in [-0.2, 0) is 16.0 Å². The van der Waals surface area contributed by atoms with Crippen LogP contribution in [0.15, 0.2) is 48.2 Å². The Morgan fingerprint density at radius 1 is 1.00 bits per heavy atom. The number of carbonyl (C=O) groups excluding carboxylic acids is 2. The van der Waals surface area contributed by atoms with E-state index in [1.807, 2.05) is 49.4 Å². The average molecular weight is 437 g/mol. The zero-order valence-electron chi connectivity index (χ0n) is 18.5. The van der Waals surface area contributed by atoms with Crippen LogP contribution in [0, 0.1) is 19.8 Å². The normalized spacial score (nSPS) is 19.5. The van der Waals surface area contributed by atoms with Gasteiger partial charge in [0, 0.05) is 24.7 Å². The monoisotopic (exact) mass is 436 g/mol. The number of halogens is 1. The number of piperidine rings is 1. The molecule has 1 atom stereocenters. The lowest BCUT2D eigenvalue weighted by Crippen LogP contribution is -2.39. The Balaban J connectivity index is 1.67. The number of carbonyl (C=O) groups is 2. The second-order valence-corrected chi connectivity index (χ2v) is 9.29. The number of rotatable bonds is 5. The number of likely N-dealkylation sites (tertiary alicyclic amines) is 1. The van der Waals surface area contributed by atoms with E-state index in [4.69, 9.17) is 11.6 Å². The molecule has 162 valence electrons. The Hall–Kier alpha value is -2.59. The number of aryl methyl sites for hydroxylation is 2. The lowest BCUT2D eigenvalue weighted by atomic mass is 9.96. The van der Waals surface area contributed by atoms with Gasteiger partial charge >= 0.3 is 0 Å². The summed E-state index contributed by atoms with van der Waals surface area (Å²) in [5.74, 6) is 0.157. The first-order valence-corrected chi connectivity index (χ1v) is 11.4. The summed E-state index contributed by atoms with van der Waals surface area (Å²) in [5, 5.41) is 0.678. The molecule has 0 bridgehead atoms. The van der Waals surface area contributed by atoms with Crippen molar-refractivity contribution in [1.82, 2.24) is 9.80 Å². The van der Waals surface area contributed by atoms with Gasteiger partial charge in [-0.3, -0.25) is 14.5 Å². The zero-order chi connectivity index (χ0) is 22.1. The second-order valence-electron chi connectivity index (χ2n) is 8.85. The fourth-order valence-electron chi connectivity index (χ4n) is 4.50. The molecule has 5 heteroatoms. The maximum absolute atomic E-state index is 13.5. The molecule has 2 amide bonds. The molecule has 2 aromatic rings. The van der Waals surface area contributed by atoms with Crippen molar-refractivity contribution in [2.24, 2.45) is 5.92 Å². The van der Waals surface area contributed by atoms with Crippen LogP contribution in [0.1, 0.15) is 42.0 Å². The molecular weight excluding hydrogens is 408 g/mol. The van der Waals surface area contributed by atoms with E-state index in [-0.39, 0.29) is 11.8 Å². The molecule has 4 nitrogen and oxygen atoms in total. The van der Waals surface area contributed by atoms with E-state index in [9.17, 15) is 9.59 Å². The van der Waals surface area contributed by atoms with Gasteiger partial charge in [-0.2, -0.15) is 0 Å². The van der Waals surface area contributed by atoms with Crippen molar-refractivity contribution in [1.29, 1.82) is 0 Å². The highest BCUT2D eigenvalue weighted by molar-refractivity contribution is 6.35. The Kier molecular flexibility index (Phi) is 6.19. The highest BCUT2D eigenvalue weighted by Gasteiger charge is 2.42. The number of hydrogen-bond acceptors (Lipinski definition) is 3. The van der Waals surface area contributed by atoms with E-state index in [1.165, 1.54) is 10.5 Å². The fourth-order valence-corrected chi connectivity index (χ4v) is 4.63. The van der Waals surface area contributed by atoms with E-state index in [2.05, 4.69) is 18.7 Å². The third-order valence-electron chi connectivity index (χ3n) is 6.45. The van der Waals surface area contributed by atoms with Crippen molar-refractivity contribution < 1.29 is 9.59 Å². The standard InChI is InChI=1S/C26H29ClN2O2/c1-17-5-4-13-28(16-17)24-23(21-9-6-18(2)19(3)15-21)25(30)29(26(24)31)14-12-20-7-10-22(27)11-8-20/h6-11,15,17H,4-5,12-14,16H2,1-3H3. The van der Waals surface area contributed by atoms with Crippen molar-refractivity contribution in [3.05, 3.63) is 75.4 Å². The van der Waals surface area contributed by atoms with Gasteiger partial charge in [-0.05, 0) is 73.4 Å². The Morgan fingerprint density at radius 2 is 1.74 bits per heavy atom. The van der Waals surface area contributed by atoms with Crippen LogP contribution in [0.3, 0.4) is 0 Å². The second kappa shape index (κ2) is 8.88. The number of hydrogen-bond donors (Lipinski definition) is 0. The lowest BCUT2D eigenvalue weighted by Gasteiger charge is -2.33. The summed E-state index contributed by atoms with van der Waals surface area (Å²) >= 11 is 5.98. The molecule has 1 unspecified atom stereocenters. The maximum Gasteiger partial charge on any atom is 0.277 e. The summed E-state index contributed by atoms with van der Waals surface area (Å²) in [5.41, 5.74) is 5.32. The molecule has 0 aliphatic carbocycles. The molecule has 0 N–H and O–H groups in total. The van der Waals surface area contributed by atoms with Gasteiger partial charge in [-0.15, -0.1) is 0 Å². The number of imide groups is 1. The van der Waals surface area contributed by atoms with Gasteiger partial charge in [0.15, 0.2) is 0 Å². The minimum Gasteiger partial charge on any atom is -0.366 e. The van der Waals surface area contributed by atoms with Crippen LogP contribution >= 0.6 is 11.6 Å². The van der Waals surface area contributed by atoms with Crippen LogP contribution in [0.2, 0.25) is 5.02 Å². The minimum absolute atomic E-state index is 0.165. The van der Waals surface area contributed by atoms with Gasteiger partial charge in [0.1, 0.15) is 5.70 Å². The number of benzene rings is 2. The van der Waals surface area contributed by atoms with Gasteiger partial charge in [0.05, 0.1) is 5.57 Å². The van der Waals surface area contributed by atoms with Crippen LogP contribution in [-0.4, -0.2) is 41.2 Å². The molecule has 1 fully saturated rings. The van der Waals surface area contributed by atoms with Crippen molar-refractivity contribution in [2.45, 2.75) is 40.0 Å². The predicted molar refractivity (Wildman–Crippen MR) is 125 cm³/mol. The highest BCUT2D eigenvalue weighted by atomic mass is 35.5. The lowest BCUT2D eigenvalue weighted by molar-refractivity contribution is -0.137. The third kappa shape index (κ3) is 4.40. The van der Waals surface area contributed by atoms with Crippen LogP contribution in [0.25, 0.3) is 5.57 Å². The van der Waals surface area contributed by atoms with Gasteiger partial charge in [-0.1, -0.05) is 48.9 Å². The molecule has 0 saturated carbocycles. The molecule has 2 aliphatic heterocycles. The minimum atomic E-state index is -0.185. The van der Waals surface area contributed by atoms with Gasteiger partial charge < -0.3 is 4.90 Å². The number of nitrogens with zero attached hydrogens (tertiary/aromatic N) is 2. The summed E-state index contributed by atoms with van der Waals surface area (Å²) in [6, 6.07) is 13.6. The van der Waals surface area contributed by atoms with E-state index in [1.54, 1.807) is 0 Å². The molecule has 0 radical (unpaired) electrons. The molecule has 2 aliphatic rings. The highest BCUT2D eigenvalue weighted by Crippen LogP contribution is 2.34. The SMILES string of the molecule is Cc1ccc(C2=C(N3CCCC(C)C3)C(=O)N(CCc3ccc(Cl)cc3)C2=O)cc1C. The largest absolute Gasteiger partial charge is 0.366 e. The first-order chi connectivity index (χ1) is 14.8. The first kappa shape index (κ1) is 21.6. The molecule has 0 aromatic heterocycles.